The van der Waals surface area contributed by atoms with Crippen LogP contribution < -0.4 is 21.8 Å². The summed E-state index contributed by atoms with van der Waals surface area (Å²) in [6.07, 6.45) is 3.12. The molecule has 0 spiro atoms. The Labute approximate surface area is 137 Å². The molecule has 0 bridgehead atoms. The van der Waals surface area contributed by atoms with Gasteiger partial charge in [-0.3, -0.25) is 15.0 Å². The van der Waals surface area contributed by atoms with Crippen molar-refractivity contribution >= 4 is 27.2 Å². The molecule has 0 saturated carbocycles. The molecule has 0 amide bonds. The van der Waals surface area contributed by atoms with Gasteiger partial charge in [0.2, 0.25) is 0 Å². The third kappa shape index (κ3) is 2.05. The molecule has 122 valence electrons. The molecule has 1 aliphatic rings. The van der Waals surface area contributed by atoms with Crippen LogP contribution in [0.1, 0.15) is 0 Å². The van der Waals surface area contributed by atoms with Gasteiger partial charge < -0.3 is 21.3 Å². The molecule has 0 aliphatic carbocycles. The number of hydrogen-bond donors (Lipinski definition) is 4. The van der Waals surface area contributed by atoms with Crippen LogP contribution >= 0.6 is 0 Å². The molecule has 5 N–H and O–H groups in total. The Kier molecular flexibility index (Phi) is 3.42. The quantitative estimate of drug-likeness (QED) is 0.412. The van der Waals surface area contributed by atoms with Gasteiger partial charge in [0.25, 0.3) is 0 Å². The molecule has 0 fully saturated rings. The van der Waals surface area contributed by atoms with Crippen LogP contribution in [0.2, 0.25) is 0 Å². The van der Waals surface area contributed by atoms with Crippen molar-refractivity contribution in [3.05, 3.63) is 35.2 Å². The first-order chi connectivity index (χ1) is 11.7. The molecule has 0 saturated heterocycles. The van der Waals surface area contributed by atoms with Crippen LogP contribution in [0.15, 0.2) is 34.5 Å². The van der Waals surface area contributed by atoms with Crippen molar-refractivity contribution in [2.45, 2.75) is 0 Å². The zero-order chi connectivity index (χ0) is 16.7. The predicted molar refractivity (Wildman–Crippen MR) is 92.2 cm³/mol. The summed E-state index contributed by atoms with van der Waals surface area (Å²) in [6, 6.07) is 3.53. The Balaban J connectivity index is 2.25. The van der Waals surface area contributed by atoms with E-state index in [1.165, 1.54) is 6.20 Å². The smallest absolute Gasteiger partial charge is 0.135 e. The minimum Gasteiger partial charge on any atom is -0.507 e. The fourth-order valence-electron chi connectivity index (χ4n) is 3.15. The number of nitrogens with zero attached hydrogens (tertiary/aromatic N) is 3. The van der Waals surface area contributed by atoms with E-state index >= 15 is 0 Å². The number of aromatic nitrogens is 1. The summed E-state index contributed by atoms with van der Waals surface area (Å²) in [7, 11) is 0. The van der Waals surface area contributed by atoms with Crippen molar-refractivity contribution in [1.82, 2.24) is 4.98 Å². The van der Waals surface area contributed by atoms with Crippen LogP contribution in [0, 0.1) is 0 Å². The van der Waals surface area contributed by atoms with Crippen molar-refractivity contribution < 1.29 is 10.2 Å². The van der Waals surface area contributed by atoms with Gasteiger partial charge in [-0.25, -0.2) is 0 Å². The van der Waals surface area contributed by atoms with E-state index in [1.807, 2.05) is 6.07 Å². The molecule has 1 aromatic heterocycles. The van der Waals surface area contributed by atoms with Gasteiger partial charge in [0.15, 0.2) is 0 Å². The zero-order valence-electron chi connectivity index (χ0n) is 13.0. The number of fused-ring (bicyclic) bond motifs is 4. The van der Waals surface area contributed by atoms with Crippen molar-refractivity contribution in [1.29, 1.82) is 0 Å². The number of hydrogen-bond acceptors (Lipinski definition) is 7. The van der Waals surface area contributed by atoms with Crippen molar-refractivity contribution in [3.8, 4) is 11.5 Å². The number of phenols is 2. The summed E-state index contributed by atoms with van der Waals surface area (Å²) in [5, 5.41) is 28.2. The highest BCUT2D eigenvalue weighted by atomic mass is 16.3. The molecule has 2 aromatic carbocycles. The van der Waals surface area contributed by atoms with E-state index in [2.05, 4.69) is 20.3 Å². The fraction of sp³-hybridized carbons (Fsp3) is 0.235. The van der Waals surface area contributed by atoms with Gasteiger partial charge >= 0.3 is 0 Å². The lowest BCUT2D eigenvalue weighted by Crippen LogP contribution is -2.31. The largest absolute Gasteiger partial charge is 0.507 e. The number of nitrogens with two attached hydrogens (primary N) is 1. The highest BCUT2D eigenvalue weighted by Gasteiger charge is 2.19. The highest BCUT2D eigenvalue weighted by Crippen LogP contribution is 2.42. The second-order valence-corrected chi connectivity index (χ2v) is 5.64. The molecule has 0 radical (unpaired) electrons. The van der Waals surface area contributed by atoms with Crippen LogP contribution in [0.25, 0.3) is 21.5 Å². The Morgan fingerprint density at radius 1 is 1.08 bits per heavy atom. The van der Waals surface area contributed by atoms with Crippen LogP contribution in [-0.2, 0) is 0 Å². The van der Waals surface area contributed by atoms with Gasteiger partial charge in [0.1, 0.15) is 11.5 Å². The topological polar surface area (TPSA) is 116 Å². The van der Waals surface area contributed by atoms with E-state index in [9.17, 15) is 10.2 Å². The first-order valence-corrected chi connectivity index (χ1v) is 7.79. The standard InChI is InChI=1S/C17H17N5O2/c18-2-4-20-11-7-12-15(22-6-5-21-12)14-13(11)16(23)9-1-3-19-8-10(9)17(14)24/h1,3,7-8,20,23-24H,2,4-6,18H2. The average molecular weight is 323 g/mol. The van der Waals surface area contributed by atoms with E-state index in [-0.39, 0.29) is 11.5 Å². The van der Waals surface area contributed by atoms with Gasteiger partial charge in [-0.15, -0.1) is 0 Å². The average Bonchev–Trinajstić information content (AvgIpc) is 2.63. The fourth-order valence-corrected chi connectivity index (χ4v) is 3.15. The summed E-state index contributed by atoms with van der Waals surface area (Å²) in [6.45, 7) is 2.16. The molecule has 7 nitrogen and oxygen atoms in total. The highest BCUT2D eigenvalue weighted by molar-refractivity contribution is 6.14. The molecule has 0 unspecified atom stereocenters. The summed E-state index contributed by atoms with van der Waals surface area (Å²) in [5.41, 5.74) is 6.27. The van der Waals surface area contributed by atoms with Crippen LogP contribution in [0.5, 0.6) is 11.5 Å². The maximum absolute atomic E-state index is 10.8. The molecule has 2 heterocycles. The second-order valence-electron chi connectivity index (χ2n) is 5.64. The molecular formula is C17H17N5O2. The number of pyridine rings is 1. The van der Waals surface area contributed by atoms with Gasteiger partial charge in [-0.2, -0.15) is 0 Å². The lowest BCUT2D eigenvalue weighted by molar-refractivity contribution is 0.478. The number of aromatic hydroxyl groups is 2. The third-order valence-electron chi connectivity index (χ3n) is 4.20. The molecular weight excluding hydrogens is 306 g/mol. The summed E-state index contributed by atoms with van der Waals surface area (Å²) >= 11 is 0. The Bertz CT molecular complexity index is 1080. The summed E-state index contributed by atoms with van der Waals surface area (Å²) in [4.78, 5) is 13.1. The van der Waals surface area contributed by atoms with Gasteiger partial charge in [0.05, 0.1) is 34.6 Å². The van der Waals surface area contributed by atoms with Gasteiger partial charge in [-0.1, -0.05) is 0 Å². The number of benzene rings is 2. The third-order valence-corrected chi connectivity index (χ3v) is 4.20. The van der Waals surface area contributed by atoms with E-state index in [1.54, 1.807) is 12.3 Å². The molecule has 1 aliphatic heterocycles. The summed E-state index contributed by atoms with van der Waals surface area (Å²) < 4.78 is 0. The lowest BCUT2D eigenvalue weighted by Gasteiger charge is -2.15. The van der Waals surface area contributed by atoms with Crippen LogP contribution in [0.3, 0.4) is 0 Å². The Hall–Kier alpha value is -2.93. The minimum absolute atomic E-state index is 0.0550. The molecule has 4 rings (SSSR count). The van der Waals surface area contributed by atoms with Crippen molar-refractivity contribution in [2.75, 3.05) is 31.5 Å². The predicted octanol–water partition coefficient (Wildman–Crippen LogP) is 0.423. The van der Waals surface area contributed by atoms with Crippen molar-refractivity contribution in [2.24, 2.45) is 15.7 Å². The lowest BCUT2D eigenvalue weighted by atomic mass is 9.99. The monoisotopic (exact) mass is 323 g/mol. The summed E-state index contributed by atoms with van der Waals surface area (Å²) in [5.74, 6) is 0.141. The molecule has 24 heavy (non-hydrogen) atoms. The first kappa shape index (κ1) is 14.6. The van der Waals surface area contributed by atoms with Gasteiger partial charge in [-0.05, 0) is 12.1 Å². The van der Waals surface area contributed by atoms with Gasteiger partial charge in [0, 0.05) is 41.9 Å². The molecule has 7 heteroatoms. The van der Waals surface area contributed by atoms with Crippen LogP contribution in [0.4, 0.5) is 5.69 Å². The number of phenolic OH excluding ortho intramolecular Hbond substituents is 2. The maximum Gasteiger partial charge on any atom is 0.135 e. The molecule has 3 aromatic rings. The second kappa shape index (κ2) is 5.61. The van der Waals surface area contributed by atoms with E-state index in [0.29, 0.717) is 64.1 Å². The maximum atomic E-state index is 10.8. The Morgan fingerprint density at radius 2 is 1.88 bits per heavy atom. The number of anilines is 1. The normalized spacial score (nSPS) is 13.4. The first-order valence-electron chi connectivity index (χ1n) is 7.79. The van der Waals surface area contributed by atoms with Crippen LogP contribution in [-0.4, -0.2) is 41.4 Å². The van der Waals surface area contributed by atoms with E-state index in [4.69, 9.17) is 5.73 Å². The number of nitrogens with one attached hydrogen (secondary N) is 1. The molecule has 0 atom stereocenters. The van der Waals surface area contributed by atoms with E-state index < -0.39 is 0 Å². The minimum atomic E-state index is 0.0550. The van der Waals surface area contributed by atoms with Crippen molar-refractivity contribution in [3.63, 3.8) is 0 Å². The number of rotatable bonds is 3. The Morgan fingerprint density at radius 3 is 2.71 bits per heavy atom. The van der Waals surface area contributed by atoms with E-state index in [0.717, 1.165) is 0 Å². The zero-order valence-corrected chi connectivity index (χ0v) is 13.0. The SMILES string of the molecule is NCCNc1cc2c(c3c(O)c4cnccc4c(O)c13)=NCCN=2.